The van der Waals surface area contributed by atoms with Gasteiger partial charge in [-0.1, -0.05) is 253 Å². The van der Waals surface area contributed by atoms with E-state index in [1.165, 1.54) is 103 Å². The molecule has 1 rings (SSSR count). The maximum absolute atomic E-state index is 13.4. The molecule has 0 spiro atoms. The number of carbonyl (C=O) groups is 2. The van der Waals surface area contributed by atoms with E-state index in [2.05, 4.69) is 99.0 Å². The minimum Gasteiger partial charge on any atom is -0.454 e. The number of carbonyl (C=O) groups excluding carboxylic acids is 2. The van der Waals surface area contributed by atoms with Gasteiger partial charge in [-0.3, -0.25) is 9.59 Å². The molecular weight excluding hydrogens is 979 g/mol. The second-order valence-corrected chi connectivity index (χ2v) is 21.4. The molecule has 6 N–H and O–H groups in total. The molecule has 78 heavy (non-hydrogen) atoms. The van der Waals surface area contributed by atoms with Crippen LogP contribution in [-0.2, 0) is 23.8 Å². The maximum Gasteiger partial charge on any atom is 0.306 e. The van der Waals surface area contributed by atoms with Gasteiger partial charge in [0.05, 0.1) is 25.4 Å². The van der Waals surface area contributed by atoms with Gasteiger partial charge >= 0.3 is 5.97 Å². The summed E-state index contributed by atoms with van der Waals surface area (Å²) in [6.07, 6.45) is 61.8. The lowest BCUT2D eigenvalue weighted by molar-refractivity contribution is -0.305. The van der Waals surface area contributed by atoms with Crippen LogP contribution in [0.4, 0.5) is 0 Å². The zero-order chi connectivity index (χ0) is 56.8. The van der Waals surface area contributed by atoms with Gasteiger partial charge in [0.15, 0.2) is 12.4 Å². The summed E-state index contributed by atoms with van der Waals surface area (Å²) >= 11 is 0. The van der Waals surface area contributed by atoms with Gasteiger partial charge in [0.1, 0.15) is 24.4 Å². The Morgan fingerprint density at radius 1 is 0.513 bits per heavy atom. The zero-order valence-electron chi connectivity index (χ0n) is 49.5. The fraction of sp³-hybridized carbons (Fsp3) is 0.731. The third kappa shape index (κ3) is 41.6. The van der Waals surface area contributed by atoms with E-state index in [9.17, 15) is 35.1 Å². The molecule has 11 nitrogen and oxygen atoms in total. The predicted molar refractivity (Wildman–Crippen MR) is 324 cm³/mol. The SMILES string of the molecule is CC/C=C\C/C=C\C/C=C\C/C=C\C/C=C\CCCCCCCCCCC(O)C(=O)NC(COC1OC(CO)C(O)C(O)C1OC(=O)CC/C=C/C/C=C\CCCCCCCC)C(O)/C=C/CCCCCCCCCCCC. The largest absolute Gasteiger partial charge is 0.454 e. The number of amides is 1. The topological polar surface area (TPSA) is 175 Å². The van der Waals surface area contributed by atoms with E-state index in [-0.39, 0.29) is 19.4 Å². The van der Waals surface area contributed by atoms with Gasteiger partial charge < -0.3 is 45.1 Å². The Balaban J connectivity index is 2.66. The van der Waals surface area contributed by atoms with Crippen LogP contribution in [0.1, 0.15) is 252 Å². The van der Waals surface area contributed by atoms with Crippen molar-refractivity contribution in [3.8, 4) is 0 Å². The Morgan fingerprint density at radius 3 is 1.38 bits per heavy atom. The molecule has 1 aliphatic heterocycles. The second kappa shape index (κ2) is 54.2. The van der Waals surface area contributed by atoms with E-state index in [0.29, 0.717) is 12.8 Å². The highest BCUT2D eigenvalue weighted by Gasteiger charge is 2.47. The highest BCUT2D eigenvalue weighted by atomic mass is 16.7. The van der Waals surface area contributed by atoms with Gasteiger partial charge in [0.25, 0.3) is 0 Å². The smallest absolute Gasteiger partial charge is 0.306 e. The molecule has 0 aromatic rings. The Hall–Kier alpha value is -3.42. The van der Waals surface area contributed by atoms with E-state index in [0.717, 1.165) is 103 Å². The van der Waals surface area contributed by atoms with Gasteiger partial charge in [-0.25, -0.2) is 0 Å². The summed E-state index contributed by atoms with van der Waals surface area (Å²) in [5.74, 6) is -1.28. The molecule has 0 bridgehead atoms. The van der Waals surface area contributed by atoms with E-state index in [1.54, 1.807) is 6.08 Å². The van der Waals surface area contributed by atoms with Crippen molar-refractivity contribution in [2.24, 2.45) is 0 Å². The Labute approximate surface area is 475 Å². The minimum atomic E-state index is -1.64. The number of rotatable bonds is 52. The molecule has 1 heterocycles. The van der Waals surface area contributed by atoms with Crippen LogP contribution in [-0.4, -0.2) is 99.6 Å². The van der Waals surface area contributed by atoms with Crippen LogP contribution < -0.4 is 5.32 Å². The van der Waals surface area contributed by atoms with E-state index in [1.807, 2.05) is 18.2 Å². The summed E-state index contributed by atoms with van der Waals surface area (Å²) in [5, 5.41) is 56.9. The second-order valence-electron chi connectivity index (χ2n) is 21.4. The van der Waals surface area contributed by atoms with Gasteiger partial charge in [-0.2, -0.15) is 0 Å². The quantitative estimate of drug-likeness (QED) is 0.0195. The van der Waals surface area contributed by atoms with Gasteiger partial charge in [-0.05, 0) is 89.9 Å². The molecule has 1 saturated heterocycles. The summed E-state index contributed by atoms with van der Waals surface area (Å²) < 4.78 is 17.5. The molecule has 8 unspecified atom stereocenters. The lowest BCUT2D eigenvalue weighted by atomic mass is 9.99. The molecule has 1 aliphatic rings. The fourth-order valence-electron chi connectivity index (χ4n) is 9.26. The summed E-state index contributed by atoms with van der Waals surface area (Å²) in [7, 11) is 0. The van der Waals surface area contributed by atoms with Crippen molar-refractivity contribution in [3.05, 3.63) is 97.2 Å². The van der Waals surface area contributed by atoms with Gasteiger partial charge in [-0.15, -0.1) is 0 Å². The molecule has 11 heteroatoms. The minimum absolute atomic E-state index is 0.0134. The standard InChI is InChI=1S/C67H115NO10/c1-4-7-10-13-16-19-22-25-26-27-28-29-30-31-32-33-34-35-37-39-42-45-48-51-54-60(71)66(75)68-58(59(70)53-50-47-44-41-38-24-21-18-15-12-9-6-3)57-76-67-65(64(74)63(73)61(56-69)77-67)78-62(72)55-52-49-46-43-40-36-23-20-17-14-11-8-5-2/h7,10,16,19,25-26,28-29,31-32,36,40,46,49-50,53,58-61,63-65,67,69-71,73-74H,4-6,8-9,11-15,17-18,20-24,27,30,33-35,37-39,41-45,47-48,51-52,54-57H2,1-3H3,(H,68,75)/b10-7-,19-16-,26-25-,29-28-,32-31-,40-36-,49-46+,53-50+. The number of unbranched alkanes of at least 4 members (excludes halogenated alkanes) is 24. The van der Waals surface area contributed by atoms with E-state index >= 15 is 0 Å². The number of hydrogen-bond acceptors (Lipinski definition) is 10. The number of nitrogens with one attached hydrogen (secondary N) is 1. The number of allylic oxidation sites excluding steroid dienone is 15. The molecule has 0 aromatic heterocycles. The summed E-state index contributed by atoms with van der Waals surface area (Å²) in [6, 6.07) is -1.04. The highest BCUT2D eigenvalue weighted by molar-refractivity contribution is 5.80. The molecule has 0 aliphatic carbocycles. The van der Waals surface area contributed by atoms with Gasteiger partial charge in [0, 0.05) is 6.42 Å². The summed E-state index contributed by atoms with van der Waals surface area (Å²) in [5.41, 5.74) is 0. The van der Waals surface area contributed by atoms with Crippen LogP contribution >= 0.6 is 0 Å². The molecule has 0 aromatic carbocycles. The first-order chi connectivity index (χ1) is 38.2. The first-order valence-corrected chi connectivity index (χ1v) is 31.5. The van der Waals surface area contributed by atoms with Crippen molar-refractivity contribution >= 4 is 11.9 Å². The molecule has 0 radical (unpaired) electrons. The monoisotopic (exact) mass is 1090 g/mol. The Bertz CT molecular complexity index is 1630. The third-order valence-corrected chi connectivity index (χ3v) is 14.2. The summed E-state index contributed by atoms with van der Waals surface area (Å²) in [6.45, 7) is 5.62. The van der Waals surface area contributed by atoms with Crippen LogP contribution in [0.15, 0.2) is 97.2 Å². The molecule has 0 saturated carbocycles. The molecule has 1 amide bonds. The number of esters is 1. The maximum atomic E-state index is 13.4. The average molecular weight is 1090 g/mol. The molecule has 8 atom stereocenters. The number of hydrogen-bond donors (Lipinski definition) is 6. The van der Waals surface area contributed by atoms with Crippen LogP contribution in [0.5, 0.6) is 0 Å². The first kappa shape index (κ1) is 72.6. The lowest BCUT2D eigenvalue weighted by Crippen LogP contribution is -2.61. The van der Waals surface area contributed by atoms with Crippen LogP contribution in [0, 0.1) is 0 Å². The fourth-order valence-corrected chi connectivity index (χ4v) is 9.26. The summed E-state index contributed by atoms with van der Waals surface area (Å²) in [4.78, 5) is 26.5. The first-order valence-electron chi connectivity index (χ1n) is 31.5. The molecular formula is C67H115NO10. The van der Waals surface area contributed by atoms with Crippen molar-refractivity contribution in [2.45, 2.75) is 301 Å². The van der Waals surface area contributed by atoms with E-state index < -0.39 is 67.4 Å². The average Bonchev–Trinajstić information content (AvgIpc) is 3.45. The number of aliphatic hydroxyl groups is 5. The Morgan fingerprint density at radius 2 is 0.923 bits per heavy atom. The van der Waals surface area contributed by atoms with E-state index in [4.69, 9.17) is 14.2 Å². The number of aliphatic hydroxyl groups excluding tert-OH is 5. The van der Waals surface area contributed by atoms with Crippen molar-refractivity contribution in [1.29, 1.82) is 0 Å². The third-order valence-electron chi connectivity index (χ3n) is 14.2. The van der Waals surface area contributed by atoms with Crippen LogP contribution in [0.2, 0.25) is 0 Å². The highest BCUT2D eigenvalue weighted by Crippen LogP contribution is 2.26. The predicted octanol–water partition coefficient (Wildman–Crippen LogP) is 15.1. The number of ether oxygens (including phenoxy) is 3. The van der Waals surface area contributed by atoms with Crippen molar-refractivity contribution in [2.75, 3.05) is 13.2 Å². The van der Waals surface area contributed by atoms with Crippen molar-refractivity contribution < 1.29 is 49.3 Å². The molecule has 1 fully saturated rings. The zero-order valence-corrected chi connectivity index (χ0v) is 49.5. The van der Waals surface area contributed by atoms with Crippen LogP contribution in [0.25, 0.3) is 0 Å². The van der Waals surface area contributed by atoms with Crippen molar-refractivity contribution in [3.63, 3.8) is 0 Å². The van der Waals surface area contributed by atoms with Crippen LogP contribution in [0.3, 0.4) is 0 Å². The normalized spacial score (nSPS) is 19.6. The molecule has 448 valence electrons. The van der Waals surface area contributed by atoms with Crippen molar-refractivity contribution in [1.82, 2.24) is 5.32 Å². The lowest BCUT2D eigenvalue weighted by Gasteiger charge is -2.41. The Kier molecular flexibility index (Phi) is 50.4. The van der Waals surface area contributed by atoms with Gasteiger partial charge in [0.2, 0.25) is 5.91 Å².